The Balaban J connectivity index is 0.00000162. The lowest BCUT2D eigenvalue weighted by Gasteiger charge is -2.31. The minimum absolute atomic E-state index is 0. The maximum Gasteiger partial charge on any atom is 0.0328 e. The Morgan fingerprint density at radius 1 is 1.33 bits per heavy atom. The van der Waals surface area contributed by atoms with Crippen molar-refractivity contribution in [2.24, 2.45) is 5.92 Å². The first-order chi connectivity index (χ1) is 8.28. The van der Waals surface area contributed by atoms with Crippen LogP contribution in [0.3, 0.4) is 0 Å². The van der Waals surface area contributed by atoms with Crippen LogP contribution in [0.1, 0.15) is 29.5 Å². The third-order valence-corrected chi connectivity index (χ3v) is 4.55. The fourth-order valence-electron chi connectivity index (χ4n) is 2.49. The third kappa shape index (κ3) is 4.88. The minimum atomic E-state index is 0. The molecule has 0 aromatic carbocycles. The van der Waals surface area contributed by atoms with Crippen molar-refractivity contribution in [3.05, 3.63) is 21.9 Å². The number of thiophene rings is 1. The van der Waals surface area contributed by atoms with Crippen molar-refractivity contribution < 1.29 is 0 Å². The molecule has 0 atom stereocenters. The first kappa shape index (κ1) is 16.0. The monoisotopic (exact) mass is 288 g/mol. The zero-order valence-electron chi connectivity index (χ0n) is 11.4. The molecule has 4 heteroatoms. The van der Waals surface area contributed by atoms with E-state index in [1.54, 1.807) is 0 Å². The van der Waals surface area contributed by atoms with Gasteiger partial charge in [0, 0.05) is 16.3 Å². The van der Waals surface area contributed by atoms with Gasteiger partial charge in [-0.1, -0.05) is 6.92 Å². The topological polar surface area (TPSA) is 15.3 Å². The van der Waals surface area contributed by atoms with Crippen molar-refractivity contribution in [2.75, 3.05) is 26.2 Å². The highest BCUT2D eigenvalue weighted by atomic mass is 35.5. The molecule has 1 saturated heterocycles. The summed E-state index contributed by atoms with van der Waals surface area (Å²) in [6, 6.07) is 4.52. The summed E-state index contributed by atoms with van der Waals surface area (Å²) in [5.41, 5.74) is 0. The molecule has 2 rings (SSSR count). The molecule has 1 aliphatic heterocycles. The highest BCUT2D eigenvalue weighted by molar-refractivity contribution is 7.11. The van der Waals surface area contributed by atoms with Gasteiger partial charge in [0.1, 0.15) is 0 Å². The molecule has 0 spiro atoms. The van der Waals surface area contributed by atoms with Gasteiger partial charge >= 0.3 is 0 Å². The zero-order valence-corrected chi connectivity index (χ0v) is 13.1. The molecule has 0 amide bonds. The van der Waals surface area contributed by atoms with Crippen LogP contribution in [0.25, 0.3) is 0 Å². The summed E-state index contributed by atoms with van der Waals surface area (Å²) < 4.78 is 0. The van der Waals surface area contributed by atoms with Gasteiger partial charge in [-0.15, -0.1) is 23.7 Å². The highest BCUT2D eigenvalue weighted by Crippen LogP contribution is 2.21. The maximum absolute atomic E-state index is 3.47. The number of piperidine rings is 1. The number of likely N-dealkylation sites (tertiary alicyclic amines) is 1. The Hall–Kier alpha value is -0.0900. The largest absolute Gasteiger partial charge is 0.317 e. The van der Waals surface area contributed by atoms with Crippen LogP contribution < -0.4 is 5.32 Å². The van der Waals surface area contributed by atoms with Crippen molar-refractivity contribution in [1.82, 2.24) is 10.2 Å². The van der Waals surface area contributed by atoms with Crippen LogP contribution in [-0.4, -0.2) is 31.1 Å². The van der Waals surface area contributed by atoms with Crippen molar-refractivity contribution in [1.29, 1.82) is 0 Å². The van der Waals surface area contributed by atoms with E-state index < -0.39 is 0 Å². The van der Waals surface area contributed by atoms with Crippen molar-refractivity contribution in [3.8, 4) is 0 Å². The standard InChI is InChI=1S/C14H24N2S.ClH/c1-3-15-10-13-6-8-16(9-7-13)11-14-5-4-12(2)17-14;/h4-5,13,15H,3,6-11H2,1-2H3;1H. The van der Waals surface area contributed by atoms with Gasteiger partial charge in [-0.3, -0.25) is 4.90 Å². The smallest absolute Gasteiger partial charge is 0.0328 e. The molecular formula is C14H25ClN2S. The van der Waals surface area contributed by atoms with Gasteiger partial charge in [-0.2, -0.15) is 0 Å². The maximum atomic E-state index is 3.47. The minimum Gasteiger partial charge on any atom is -0.317 e. The van der Waals surface area contributed by atoms with Crippen LogP contribution in [0.2, 0.25) is 0 Å². The molecule has 18 heavy (non-hydrogen) atoms. The van der Waals surface area contributed by atoms with Gasteiger partial charge in [0.05, 0.1) is 0 Å². The Morgan fingerprint density at radius 3 is 2.61 bits per heavy atom. The molecule has 2 heterocycles. The molecular weight excluding hydrogens is 264 g/mol. The quantitative estimate of drug-likeness (QED) is 0.894. The number of hydrogen-bond donors (Lipinski definition) is 1. The number of rotatable bonds is 5. The van der Waals surface area contributed by atoms with Gasteiger partial charge in [0.2, 0.25) is 0 Å². The van der Waals surface area contributed by atoms with E-state index >= 15 is 0 Å². The number of nitrogens with one attached hydrogen (secondary N) is 1. The first-order valence-electron chi connectivity index (χ1n) is 6.76. The average molecular weight is 289 g/mol. The second-order valence-electron chi connectivity index (χ2n) is 5.04. The normalized spacial score (nSPS) is 17.7. The van der Waals surface area contributed by atoms with Crippen molar-refractivity contribution in [2.45, 2.75) is 33.2 Å². The van der Waals surface area contributed by atoms with E-state index in [-0.39, 0.29) is 12.4 Å². The molecule has 1 aromatic heterocycles. The van der Waals surface area contributed by atoms with Crippen LogP contribution in [0.5, 0.6) is 0 Å². The predicted octanol–water partition coefficient (Wildman–Crippen LogP) is 3.30. The molecule has 0 bridgehead atoms. The molecule has 1 N–H and O–H groups in total. The Bertz CT molecular complexity index is 332. The molecule has 1 aliphatic rings. The first-order valence-corrected chi connectivity index (χ1v) is 7.58. The van der Waals surface area contributed by atoms with E-state index in [4.69, 9.17) is 0 Å². The number of hydrogen-bond acceptors (Lipinski definition) is 3. The summed E-state index contributed by atoms with van der Waals surface area (Å²) in [6.07, 6.45) is 2.72. The number of halogens is 1. The highest BCUT2D eigenvalue weighted by Gasteiger charge is 2.18. The summed E-state index contributed by atoms with van der Waals surface area (Å²) in [4.78, 5) is 5.56. The van der Waals surface area contributed by atoms with E-state index in [1.165, 1.54) is 42.2 Å². The molecule has 104 valence electrons. The second kappa shape index (κ2) is 8.16. The van der Waals surface area contributed by atoms with Gasteiger partial charge in [0.25, 0.3) is 0 Å². The van der Waals surface area contributed by atoms with E-state index in [9.17, 15) is 0 Å². The number of nitrogens with zero attached hydrogens (tertiary/aromatic N) is 1. The number of aryl methyl sites for hydroxylation is 1. The Kier molecular flexibility index (Phi) is 7.23. The van der Waals surface area contributed by atoms with Crippen LogP contribution in [0.4, 0.5) is 0 Å². The van der Waals surface area contributed by atoms with Gasteiger partial charge in [0.15, 0.2) is 0 Å². The van der Waals surface area contributed by atoms with Crippen molar-refractivity contribution in [3.63, 3.8) is 0 Å². The van der Waals surface area contributed by atoms with Gasteiger partial charge < -0.3 is 5.32 Å². The molecule has 0 saturated carbocycles. The lowest BCUT2D eigenvalue weighted by Crippen LogP contribution is -2.36. The predicted molar refractivity (Wildman–Crippen MR) is 82.8 cm³/mol. The summed E-state index contributed by atoms with van der Waals surface area (Å²) in [5, 5.41) is 3.47. The summed E-state index contributed by atoms with van der Waals surface area (Å²) in [5.74, 6) is 0.899. The zero-order chi connectivity index (χ0) is 12.1. The Labute approximate surface area is 121 Å². The van der Waals surface area contributed by atoms with Crippen LogP contribution in [0, 0.1) is 12.8 Å². The Morgan fingerprint density at radius 2 is 2.06 bits per heavy atom. The van der Waals surface area contributed by atoms with E-state index in [0.29, 0.717) is 0 Å². The van der Waals surface area contributed by atoms with E-state index in [2.05, 4.69) is 36.2 Å². The fourth-order valence-corrected chi connectivity index (χ4v) is 3.42. The van der Waals surface area contributed by atoms with Crippen molar-refractivity contribution >= 4 is 23.7 Å². The summed E-state index contributed by atoms with van der Waals surface area (Å²) in [6.45, 7) is 10.4. The molecule has 0 aliphatic carbocycles. The summed E-state index contributed by atoms with van der Waals surface area (Å²) >= 11 is 1.94. The van der Waals surface area contributed by atoms with Crippen LogP contribution >= 0.6 is 23.7 Å². The molecule has 0 radical (unpaired) electrons. The molecule has 1 fully saturated rings. The van der Waals surface area contributed by atoms with E-state index in [1.807, 2.05) is 11.3 Å². The lowest BCUT2D eigenvalue weighted by molar-refractivity contribution is 0.177. The van der Waals surface area contributed by atoms with Gasteiger partial charge in [-0.05, 0) is 64.0 Å². The van der Waals surface area contributed by atoms with Crippen LogP contribution in [0.15, 0.2) is 12.1 Å². The lowest BCUT2D eigenvalue weighted by atomic mass is 9.97. The average Bonchev–Trinajstić information content (AvgIpc) is 2.74. The fraction of sp³-hybridized carbons (Fsp3) is 0.714. The van der Waals surface area contributed by atoms with Gasteiger partial charge in [-0.25, -0.2) is 0 Å². The summed E-state index contributed by atoms with van der Waals surface area (Å²) in [7, 11) is 0. The molecule has 2 nitrogen and oxygen atoms in total. The van der Waals surface area contributed by atoms with Crippen LogP contribution in [-0.2, 0) is 6.54 Å². The SMILES string of the molecule is CCNCC1CCN(Cc2ccc(C)s2)CC1.Cl. The van der Waals surface area contributed by atoms with E-state index in [0.717, 1.165) is 19.0 Å². The third-order valence-electron chi connectivity index (χ3n) is 3.57. The molecule has 1 aromatic rings. The second-order valence-corrected chi connectivity index (χ2v) is 6.41. The molecule has 0 unspecified atom stereocenters.